The summed E-state index contributed by atoms with van der Waals surface area (Å²) in [7, 11) is 2.10. The monoisotopic (exact) mass is 206 g/mol. The molecule has 1 aromatic rings. The molecule has 1 heterocycles. The molecule has 1 saturated carbocycles. The van der Waals surface area contributed by atoms with Gasteiger partial charge in [0.25, 0.3) is 0 Å². The van der Waals surface area contributed by atoms with Crippen molar-refractivity contribution in [1.29, 1.82) is 0 Å². The molecule has 3 heteroatoms. The summed E-state index contributed by atoms with van der Waals surface area (Å²) in [6.07, 6.45) is 6.02. The number of aliphatic hydroxyl groups is 1. The fourth-order valence-electron chi connectivity index (χ4n) is 1.97. The number of aliphatic hydroxyl groups excluding tert-OH is 1. The lowest BCUT2D eigenvalue weighted by Crippen LogP contribution is -2.28. The van der Waals surface area contributed by atoms with Gasteiger partial charge < -0.3 is 10.0 Å². The highest BCUT2D eigenvalue weighted by Gasteiger charge is 2.42. The van der Waals surface area contributed by atoms with Crippen LogP contribution in [0.15, 0.2) is 24.5 Å². The van der Waals surface area contributed by atoms with Crippen molar-refractivity contribution in [2.24, 2.45) is 5.41 Å². The summed E-state index contributed by atoms with van der Waals surface area (Å²) in [5, 5.41) is 9.23. The molecular formula is C12H18N2O. The predicted octanol–water partition coefficient (Wildman–Crippen LogP) is 1.29. The molecule has 0 bridgehead atoms. The molecule has 1 aliphatic rings. The van der Waals surface area contributed by atoms with Crippen molar-refractivity contribution in [2.45, 2.75) is 19.4 Å². The normalized spacial score (nSPS) is 18.1. The summed E-state index contributed by atoms with van der Waals surface area (Å²) in [5.41, 5.74) is 1.44. The third-order valence-corrected chi connectivity index (χ3v) is 3.07. The van der Waals surface area contributed by atoms with Crippen LogP contribution >= 0.6 is 0 Å². The van der Waals surface area contributed by atoms with Gasteiger partial charge in [0.05, 0.1) is 0 Å². The van der Waals surface area contributed by atoms with Gasteiger partial charge in [0.2, 0.25) is 0 Å². The quantitative estimate of drug-likeness (QED) is 0.788. The van der Waals surface area contributed by atoms with Crippen molar-refractivity contribution in [3.05, 3.63) is 30.1 Å². The molecule has 1 aliphatic carbocycles. The first-order valence-electron chi connectivity index (χ1n) is 5.42. The number of aromatic nitrogens is 1. The van der Waals surface area contributed by atoms with Crippen LogP contribution in [0.1, 0.15) is 18.4 Å². The number of hydrogen-bond acceptors (Lipinski definition) is 3. The fraction of sp³-hybridized carbons (Fsp3) is 0.583. The van der Waals surface area contributed by atoms with Crippen LogP contribution in [0.3, 0.4) is 0 Å². The zero-order chi connectivity index (χ0) is 10.7. The Balaban J connectivity index is 1.85. The van der Waals surface area contributed by atoms with E-state index in [0.717, 1.165) is 13.1 Å². The molecule has 1 fully saturated rings. The topological polar surface area (TPSA) is 36.4 Å². The molecule has 1 aromatic heterocycles. The summed E-state index contributed by atoms with van der Waals surface area (Å²) in [6, 6.07) is 4.05. The first-order chi connectivity index (χ1) is 7.24. The molecule has 82 valence electrons. The Morgan fingerprint density at radius 3 is 2.87 bits per heavy atom. The minimum atomic E-state index is 0.205. The molecular weight excluding hydrogens is 188 g/mol. The van der Waals surface area contributed by atoms with Crippen LogP contribution in [-0.2, 0) is 6.54 Å². The van der Waals surface area contributed by atoms with E-state index in [-0.39, 0.29) is 5.41 Å². The van der Waals surface area contributed by atoms with Crippen LogP contribution in [0, 0.1) is 5.41 Å². The van der Waals surface area contributed by atoms with E-state index in [0.29, 0.717) is 6.61 Å². The molecule has 0 radical (unpaired) electrons. The first kappa shape index (κ1) is 10.6. The lowest BCUT2D eigenvalue weighted by atomic mass is 10.1. The number of pyridine rings is 1. The van der Waals surface area contributed by atoms with Gasteiger partial charge in [-0.25, -0.2) is 0 Å². The van der Waals surface area contributed by atoms with Crippen molar-refractivity contribution in [3.8, 4) is 0 Å². The van der Waals surface area contributed by atoms with Crippen LogP contribution < -0.4 is 0 Å². The average Bonchev–Trinajstić information content (AvgIpc) is 3.00. The second kappa shape index (κ2) is 4.29. The molecule has 0 saturated heterocycles. The standard InChI is InChI=1S/C12H18N2O/c1-14(9-12(10-15)4-5-12)8-11-3-2-6-13-7-11/h2-3,6-7,15H,4-5,8-10H2,1H3. The Bertz CT molecular complexity index is 309. The van der Waals surface area contributed by atoms with Crippen LogP contribution in [0.5, 0.6) is 0 Å². The van der Waals surface area contributed by atoms with Gasteiger partial charge in [0.15, 0.2) is 0 Å². The fourth-order valence-corrected chi connectivity index (χ4v) is 1.97. The molecule has 1 N–H and O–H groups in total. The Labute approximate surface area is 90.8 Å². The summed E-state index contributed by atoms with van der Waals surface area (Å²) >= 11 is 0. The van der Waals surface area contributed by atoms with E-state index in [4.69, 9.17) is 0 Å². The molecule has 0 aromatic carbocycles. The average molecular weight is 206 g/mol. The van der Waals surface area contributed by atoms with Crippen LogP contribution in [0.4, 0.5) is 0 Å². The Kier molecular flexibility index (Phi) is 3.03. The number of nitrogens with zero attached hydrogens (tertiary/aromatic N) is 2. The van der Waals surface area contributed by atoms with Gasteiger partial charge in [0, 0.05) is 37.5 Å². The van der Waals surface area contributed by atoms with Crippen molar-refractivity contribution in [1.82, 2.24) is 9.88 Å². The highest BCUT2D eigenvalue weighted by molar-refractivity contribution is 5.08. The van der Waals surface area contributed by atoms with Crippen LogP contribution in [0.2, 0.25) is 0 Å². The maximum Gasteiger partial charge on any atom is 0.0499 e. The SMILES string of the molecule is CN(Cc1cccnc1)CC1(CO)CC1. The second-order valence-electron chi connectivity index (χ2n) is 4.69. The van der Waals surface area contributed by atoms with E-state index in [2.05, 4.69) is 23.0 Å². The van der Waals surface area contributed by atoms with Gasteiger partial charge in [-0.3, -0.25) is 4.98 Å². The van der Waals surface area contributed by atoms with Gasteiger partial charge in [-0.05, 0) is 31.5 Å². The van der Waals surface area contributed by atoms with Gasteiger partial charge >= 0.3 is 0 Å². The van der Waals surface area contributed by atoms with Crippen molar-refractivity contribution in [3.63, 3.8) is 0 Å². The Hall–Kier alpha value is -0.930. The second-order valence-corrected chi connectivity index (χ2v) is 4.69. The molecule has 15 heavy (non-hydrogen) atoms. The lowest BCUT2D eigenvalue weighted by molar-refractivity contribution is 0.161. The summed E-state index contributed by atoms with van der Waals surface area (Å²) in [5.74, 6) is 0. The van der Waals surface area contributed by atoms with Gasteiger partial charge in [-0.1, -0.05) is 6.07 Å². The largest absolute Gasteiger partial charge is 0.396 e. The molecule has 2 rings (SSSR count). The number of hydrogen-bond donors (Lipinski definition) is 1. The van der Waals surface area contributed by atoms with Gasteiger partial charge in [-0.2, -0.15) is 0 Å². The summed E-state index contributed by atoms with van der Waals surface area (Å²) in [6.45, 7) is 2.22. The smallest absolute Gasteiger partial charge is 0.0499 e. The zero-order valence-electron chi connectivity index (χ0n) is 9.19. The summed E-state index contributed by atoms with van der Waals surface area (Å²) in [4.78, 5) is 6.36. The van der Waals surface area contributed by atoms with Gasteiger partial charge in [0.1, 0.15) is 0 Å². The molecule has 0 unspecified atom stereocenters. The van der Waals surface area contributed by atoms with E-state index in [9.17, 15) is 5.11 Å². The van der Waals surface area contributed by atoms with Crippen molar-refractivity contribution in [2.75, 3.05) is 20.2 Å². The van der Waals surface area contributed by atoms with Crippen molar-refractivity contribution < 1.29 is 5.11 Å². The summed E-state index contributed by atoms with van der Waals surface area (Å²) < 4.78 is 0. The van der Waals surface area contributed by atoms with E-state index in [1.165, 1.54) is 18.4 Å². The molecule has 3 nitrogen and oxygen atoms in total. The minimum Gasteiger partial charge on any atom is -0.396 e. The maximum absolute atomic E-state index is 9.23. The molecule has 0 amide bonds. The first-order valence-corrected chi connectivity index (χ1v) is 5.42. The van der Waals surface area contributed by atoms with E-state index < -0.39 is 0 Å². The Morgan fingerprint density at radius 1 is 1.53 bits per heavy atom. The van der Waals surface area contributed by atoms with Crippen LogP contribution in [0.25, 0.3) is 0 Å². The highest BCUT2D eigenvalue weighted by atomic mass is 16.3. The van der Waals surface area contributed by atoms with E-state index >= 15 is 0 Å². The predicted molar refractivity (Wildman–Crippen MR) is 59.3 cm³/mol. The minimum absolute atomic E-state index is 0.205. The van der Waals surface area contributed by atoms with Crippen LogP contribution in [-0.4, -0.2) is 35.2 Å². The molecule has 0 spiro atoms. The lowest BCUT2D eigenvalue weighted by Gasteiger charge is -2.21. The maximum atomic E-state index is 9.23. The third kappa shape index (κ3) is 2.76. The van der Waals surface area contributed by atoms with E-state index in [1.807, 2.05) is 12.3 Å². The van der Waals surface area contributed by atoms with Gasteiger partial charge in [-0.15, -0.1) is 0 Å². The molecule has 0 aliphatic heterocycles. The Morgan fingerprint density at radius 2 is 2.33 bits per heavy atom. The number of rotatable bonds is 5. The van der Waals surface area contributed by atoms with E-state index in [1.54, 1.807) is 6.20 Å². The molecule has 0 atom stereocenters. The highest BCUT2D eigenvalue weighted by Crippen LogP contribution is 2.45. The third-order valence-electron chi connectivity index (χ3n) is 3.07. The zero-order valence-corrected chi connectivity index (χ0v) is 9.19. The van der Waals surface area contributed by atoms with Crippen molar-refractivity contribution >= 4 is 0 Å².